The number of aryl methyl sites for hydroxylation is 1. The summed E-state index contributed by atoms with van der Waals surface area (Å²) in [6.45, 7) is 8.05. The molecule has 2 heteroatoms. The molecule has 1 aromatic rings. The zero-order valence-corrected chi connectivity index (χ0v) is 9.10. The summed E-state index contributed by atoms with van der Waals surface area (Å²) >= 11 is 0. The zero-order valence-electron chi connectivity index (χ0n) is 9.10. The number of aromatic nitrogens is 1. The van der Waals surface area contributed by atoms with Crippen molar-refractivity contribution in [2.75, 3.05) is 0 Å². The van der Waals surface area contributed by atoms with E-state index in [4.69, 9.17) is 0 Å². The Morgan fingerprint density at radius 1 is 1.14 bits per heavy atom. The highest BCUT2D eigenvalue weighted by molar-refractivity contribution is 5.77. The first-order valence-electron chi connectivity index (χ1n) is 4.88. The predicted octanol–water partition coefficient (Wildman–Crippen LogP) is 2.75. The number of allylic oxidation sites excluding steroid dienone is 2. The van der Waals surface area contributed by atoms with E-state index in [0.717, 1.165) is 28.9 Å². The lowest BCUT2D eigenvalue weighted by atomic mass is 10.0. The third-order valence-electron chi connectivity index (χ3n) is 3.11. The molecule has 0 unspecified atom stereocenters. The number of nitrogens with zero attached hydrogens (tertiary/aromatic N) is 1. The lowest BCUT2D eigenvalue weighted by Gasteiger charge is -2.09. The van der Waals surface area contributed by atoms with Crippen LogP contribution in [-0.2, 0) is 6.42 Å². The van der Waals surface area contributed by atoms with E-state index in [9.17, 15) is 5.11 Å². The number of rotatable bonds is 0. The van der Waals surface area contributed by atoms with E-state index < -0.39 is 0 Å². The van der Waals surface area contributed by atoms with Crippen molar-refractivity contribution in [1.82, 2.24) is 4.98 Å². The van der Waals surface area contributed by atoms with Gasteiger partial charge < -0.3 is 5.11 Å². The highest BCUT2D eigenvalue weighted by atomic mass is 16.3. The molecule has 1 N–H and O–H groups in total. The molecule has 2 nitrogen and oxygen atoms in total. The molecule has 0 aliphatic heterocycles. The van der Waals surface area contributed by atoms with E-state index in [-0.39, 0.29) is 0 Å². The van der Waals surface area contributed by atoms with Crippen LogP contribution in [0.4, 0.5) is 0 Å². The third kappa shape index (κ3) is 1.07. The highest BCUT2D eigenvalue weighted by Gasteiger charge is 2.21. The molecule has 1 aliphatic rings. The smallest absolute Gasteiger partial charge is 0.140 e. The van der Waals surface area contributed by atoms with Crippen LogP contribution in [0.3, 0.4) is 0 Å². The Kier molecular flexibility index (Phi) is 1.88. The minimum Gasteiger partial charge on any atom is -0.506 e. The first-order valence-corrected chi connectivity index (χ1v) is 4.88. The molecule has 0 radical (unpaired) electrons. The molecule has 74 valence electrons. The van der Waals surface area contributed by atoms with E-state index in [1.807, 2.05) is 13.8 Å². The summed E-state index contributed by atoms with van der Waals surface area (Å²) in [5, 5.41) is 9.79. The van der Waals surface area contributed by atoms with Crippen molar-refractivity contribution < 1.29 is 5.11 Å². The Hall–Kier alpha value is -1.31. The van der Waals surface area contributed by atoms with Crippen LogP contribution in [0.15, 0.2) is 5.57 Å². The van der Waals surface area contributed by atoms with Gasteiger partial charge in [0.2, 0.25) is 0 Å². The van der Waals surface area contributed by atoms with E-state index in [2.05, 4.69) is 18.8 Å². The average Bonchev–Trinajstić information content (AvgIpc) is 2.39. The van der Waals surface area contributed by atoms with E-state index in [0.29, 0.717) is 5.75 Å². The van der Waals surface area contributed by atoms with Crippen molar-refractivity contribution in [3.05, 3.63) is 28.1 Å². The SMILES string of the molecule is CC1=C(C)c2c(nc(C)c(O)c2C)C1. The summed E-state index contributed by atoms with van der Waals surface area (Å²) in [6.07, 6.45) is 0.934. The van der Waals surface area contributed by atoms with Crippen LogP contribution in [0.2, 0.25) is 0 Å². The number of hydrogen-bond acceptors (Lipinski definition) is 2. The Balaban J connectivity index is 2.74. The fraction of sp³-hybridized carbons (Fsp3) is 0.417. The molecule has 1 heterocycles. The normalized spacial score (nSPS) is 14.9. The van der Waals surface area contributed by atoms with Crippen molar-refractivity contribution in [2.45, 2.75) is 34.1 Å². The molecule has 0 bridgehead atoms. The van der Waals surface area contributed by atoms with Crippen molar-refractivity contribution in [2.24, 2.45) is 0 Å². The topological polar surface area (TPSA) is 33.1 Å². The maximum absolute atomic E-state index is 9.79. The molecule has 1 aromatic heterocycles. The van der Waals surface area contributed by atoms with Crippen LogP contribution in [0.25, 0.3) is 5.57 Å². The third-order valence-corrected chi connectivity index (χ3v) is 3.11. The summed E-state index contributed by atoms with van der Waals surface area (Å²) < 4.78 is 0. The fourth-order valence-electron chi connectivity index (χ4n) is 2.14. The summed E-state index contributed by atoms with van der Waals surface area (Å²) in [5.41, 5.74) is 6.63. The van der Waals surface area contributed by atoms with Gasteiger partial charge in [-0.1, -0.05) is 5.57 Å². The van der Waals surface area contributed by atoms with E-state index in [1.54, 1.807) is 0 Å². The van der Waals surface area contributed by atoms with Crippen LogP contribution in [0.5, 0.6) is 5.75 Å². The molecular weight excluding hydrogens is 174 g/mol. The summed E-state index contributed by atoms with van der Waals surface area (Å²) in [7, 11) is 0. The monoisotopic (exact) mass is 189 g/mol. The molecule has 0 amide bonds. The molecule has 14 heavy (non-hydrogen) atoms. The molecule has 0 fully saturated rings. The second kappa shape index (κ2) is 2.84. The van der Waals surface area contributed by atoms with Gasteiger partial charge in [0.05, 0.1) is 11.4 Å². The van der Waals surface area contributed by atoms with Gasteiger partial charge in [0.1, 0.15) is 5.75 Å². The minimum absolute atomic E-state index is 0.345. The number of fused-ring (bicyclic) bond motifs is 1. The first-order chi connectivity index (χ1) is 6.52. The summed E-state index contributed by atoms with van der Waals surface area (Å²) in [4.78, 5) is 4.42. The lowest BCUT2D eigenvalue weighted by Crippen LogP contribution is -1.96. The molecule has 0 atom stereocenters. The molecule has 1 aliphatic carbocycles. The van der Waals surface area contributed by atoms with Crippen molar-refractivity contribution in [3.63, 3.8) is 0 Å². The molecule has 0 saturated carbocycles. The van der Waals surface area contributed by atoms with Crippen molar-refractivity contribution in [3.8, 4) is 5.75 Å². The standard InChI is InChI=1S/C12H15NO/c1-6-5-10-11(7(6)2)8(3)12(14)9(4)13-10/h14H,5H2,1-4H3. The lowest BCUT2D eigenvalue weighted by molar-refractivity contribution is 0.462. The summed E-state index contributed by atoms with van der Waals surface area (Å²) in [5.74, 6) is 0.345. The molecule has 0 saturated heterocycles. The average molecular weight is 189 g/mol. The van der Waals surface area contributed by atoms with Crippen molar-refractivity contribution in [1.29, 1.82) is 0 Å². The van der Waals surface area contributed by atoms with Gasteiger partial charge in [-0.3, -0.25) is 4.98 Å². The summed E-state index contributed by atoms with van der Waals surface area (Å²) in [6, 6.07) is 0. The zero-order chi connectivity index (χ0) is 10.5. The van der Waals surface area contributed by atoms with Gasteiger partial charge in [0, 0.05) is 17.5 Å². The Labute approximate surface area is 84.3 Å². The van der Waals surface area contributed by atoms with Gasteiger partial charge in [0.25, 0.3) is 0 Å². The van der Waals surface area contributed by atoms with E-state index in [1.165, 1.54) is 11.1 Å². The Morgan fingerprint density at radius 2 is 1.79 bits per heavy atom. The van der Waals surface area contributed by atoms with Crippen LogP contribution >= 0.6 is 0 Å². The van der Waals surface area contributed by atoms with Crippen molar-refractivity contribution >= 4 is 5.57 Å². The quantitative estimate of drug-likeness (QED) is 0.680. The van der Waals surface area contributed by atoms with Crippen LogP contribution in [0, 0.1) is 13.8 Å². The van der Waals surface area contributed by atoms with Gasteiger partial charge in [-0.15, -0.1) is 0 Å². The maximum atomic E-state index is 9.79. The van der Waals surface area contributed by atoms with Gasteiger partial charge >= 0.3 is 0 Å². The largest absolute Gasteiger partial charge is 0.506 e. The Bertz CT molecular complexity index is 444. The highest BCUT2D eigenvalue weighted by Crippen LogP contribution is 2.37. The van der Waals surface area contributed by atoms with Crippen LogP contribution in [-0.4, -0.2) is 10.1 Å². The van der Waals surface area contributed by atoms with Crippen LogP contribution in [0.1, 0.15) is 36.4 Å². The minimum atomic E-state index is 0.345. The van der Waals surface area contributed by atoms with Gasteiger partial charge in [0.15, 0.2) is 0 Å². The number of pyridine rings is 1. The number of aromatic hydroxyl groups is 1. The first kappa shape index (κ1) is 9.25. The maximum Gasteiger partial charge on any atom is 0.140 e. The van der Waals surface area contributed by atoms with Gasteiger partial charge in [-0.05, 0) is 33.3 Å². The van der Waals surface area contributed by atoms with Gasteiger partial charge in [-0.25, -0.2) is 0 Å². The van der Waals surface area contributed by atoms with Gasteiger partial charge in [-0.2, -0.15) is 0 Å². The Morgan fingerprint density at radius 3 is 2.43 bits per heavy atom. The van der Waals surface area contributed by atoms with Crippen LogP contribution < -0.4 is 0 Å². The predicted molar refractivity (Wildman–Crippen MR) is 57.3 cm³/mol. The van der Waals surface area contributed by atoms with E-state index >= 15 is 0 Å². The second-order valence-corrected chi connectivity index (χ2v) is 4.07. The fourth-order valence-corrected chi connectivity index (χ4v) is 2.14. The second-order valence-electron chi connectivity index (χ2n) is 4.07. The molecule has 2 rings (SSSR count). The molecule has 0 spiro atoms. The molecular formula is C12H15NO. The number of hydrogen-bond donors (Lipinski definition) is 1. The molecule has 0 aromatic carbocycles.